The van der Waals surface area contributed by atoms with E-state index in [2.05, 4.69) is 43.9 Å². The van der Waals surface area contributed by atoms with E-state index in [-0.39, 0.29) is 72.4 Å². The number of piperidine rings is 1. The van der Waals surface area contributed by atoms with Gasteiger partial charge in [0.1, 0.15) is 30.3 Å². The van der Waals surface area contributed by atoms with Crippen molar-refractivity contribution in [2.45, 2.75) is 168 Å². The van der Waals surface area contributed by atoms with E-state index in [0.717, 1.165) is 28.0 Å². The fraction of sp³-hybridized carbons (Fsp3) is 0.547. The molecule has 0 aromatic heterocycles. The maximum absolute atomic E-state index is 14.0. The summed E-state index contributed by atoms with van der Waals surface area (Å²) in [5.74, 6) is -3.39. The number of unbranched alkanes of at least 4 members (excludes halogenated alkanes) is 2. The van der Waals surface area contributed by atoms with E-state index >= 15 is 0 Å². The summed E-state index contributed by atoms with van der Waals surface area (Å²) in [5.41, 5.74) is 4.77. The number of carbonyl (C=O) groups excluding carboxylic acids is 9. The molecule has 2 aliphatic heterocycles. The number of anilines is 1. The molecule has 3 aromatic rings. The number of amides is 4. The Morgan fingerprint density at radius 3 is 2.14 bits per heavy atom. The predicted octanol–water partition coefficient (Wildman–Crippen LogP) is 9.90. The highest BCUT2D eigenvalue weighted by Crippen LogP contribution is 2.36. The number of likely N-dealkylation sites (tertiary alicyclic amines) is 1. The van der Waals surface area contributed by atoms with Crippen LogP contribution in [0.4, 0.5) is 5.69 Å². The van der Waals surface area contributed by atoms with Crippen LogP contribution in [0.15, 0.2) is 72.8 Å². The van der Waals surface area contributed by atoms with Crippen LogP contribution in [0, 0.1) is 19.3 Å². The lowest BCUT2D eigenvalue weighted by Crippen LogP contribution is -2.53. The van der Waals surface area contributed by atoms with Crippen LogP contribution >= 0.6 is 0 Å². The molecule has 17 nitrogen and oxygen atoms in total. The van der Waals surface area contributed by atoms with Gasteiger partial charge in [0.25, 0.3) is 17.7 Å². The number of esters is 1. The SMILES string of the molecule is C=C1CCC[C@H](N2C(=O)c3cccc(OCC(=O)CCCCOCCOCCOCCCCC(=O)CCC(=O)Nc4cccc([C@@H](CCc5ccc(C)c(C)c5)OC(=O)[C@@H]5CCCCN5C(=O)C(=O)C(C)(C)CC)c4)c3C2=O)C(=O)C1. The Kier molecular flexibility index (Phi) is 24.7. The first-order chi connectivity index (χ1) is 38.9. The number of imide groups is 1. The highest BCUT2D eigenvalue weighted by atomic mass is 16.5. The van der Waals surface area contributed by atoms with Crippen molar-refractivity contribution < 1.29 is 66.8 Å². The number of Topliss-reactive ketones (excluding diaryl/α,β-unsaturated/α-hetero) is 4. The van der Waals surface area contributed by atoms with Crippen molar-refractivity contribution in [3.05, 3.63) is 106 Å². The van der Waals surface area contributed by atoms with Crippen LogP contribution in [0.2, 0.25) is 0 Å². The van der Waals surface area contributed by atoms with E-state index in [1.807, 2.05) is 13.0 Å². The van der Waals surface area contributed by atoms with Gasteiger partial charge in [-0.05, 0) is 144 Å². The molecule has 1 saturated carbocycles. The second kappa shape index (κ2) is 31.5. The van der Waals surface area contributed by atoms with Crippen LogP contribution in [-0.2, 0) is 58.9 Å². The summed E-state index contributed by atoms with van der Waals surface area (Å²) in [5, 5.41) is 2.90. The number of nitrogens with zero attached hydrogens (tertiary/aromatic N) is 2. The van der Waals surface area contributed by atoms with Crippen molar-refractivity contribution in [2.24, 2.45) is 5.41 Å². The lowest BCUT2D eigenvalue weighted by molar-refractivity contribution is -0.164. The minimum Gasteiger partial charge on any atom is -0.485 e. The van der Waals surface area contributed by atoms with Gasteiger partial charge < -0.3 is 33.9 Å². The maximum atomic E-state index is 14.0. The summed E-state index contributed by atoms with van der Waals surface area (Å²) < 4.78 is 28.9. The summed E-state index contributed by atoms with van der Waals surface area (Å²) in [6, 6.07) is 16.3. The van der Waals surface area contributed by atoms with Gasteiger partial charge in [-0.25, -0.2) is 4.79 Å². The number of ketones is 4. The van der Waals surface area contributed by atoms with Gasteiger partial charge in [0.2, 0.25) is 11.7 Å². The van der Waals surface area contributed by atoms with Crippen molar-refractivity contribution in [2.75, 3.05) is 58.1 Å². The molecule has 0 bridgehead atoms. The number of fused-ring (bicyclic) bond motifs is 1. The quantitative estimate of drug-likeness (QED) is 0.0150. The molecule has 0 radical (unpaired) electrons. The van der Waals surface area contributed by atoms with E-state index in [4.69, 9.17) is 23.7 Å². The number of aryl methyl sites for hydroxylation is 3. The Hall–Kier alpha value is -6.69. The molecule has 17 heteroatoms. The van der Waals surface area contributed by atoms with Crippen LogP contribution in [0.1, 0.15) is 179 Å². The third-order valence-corrected chi connectivity index (χ3v) is 15.6. The second-order valence-corrected chi connectivity index (χ2v) is 22.2. The molecule has 0 spiro atoms. The van der Waals surface area contributed by atoms with Gasteiger partial charge in [-0.2, -0.15) is 0 Å². The molecule has 1 aliphatic carbocycles. The Labute approximate surface area is 477 Å². The van der Waals surface area contributed by atoms with Gasteiger partial charge in [-0.1, -0.05) is 69.3 Å². The molecule has 2 fully saturated rings. The standard InChI is InChI=1S/C64H83N3O14/c1-7-64(5,6)59(72)62(75)66-32-11-8-23-53(66)63(76)81-55(30-28-46-27-26-44(3)45(4)40-46)47-18-15-19-48(41-47)65-57(71)31-29-49(68)20-9-12-33-77-35-37-79-38-36-78-34-13-10-21-50(69)42-80-56-25-16-22-51-58(56)61(74)67(60(51)73)52-24-14-17-43(2)39-54(52)70/h15-16,18-19,22,25-27,40-41,52-53,55H,2,7-14,17,20-21,23-24,28-39,42H2,1,3-6H3,(H,65,71)/t52-,53-,55+/m0/s1. The van der Waals surface area contributed by atoms with Gasteiger partial charge >= 0.3 is 5.97 Å². The van der Waals surface area contributed by atoms with Crippen LogP contribution in [0.5, 0.6) is 5.75 Å². The van der Waals surface area contributed by atoms with Crippen LogP contribution in [0.3, 0.4) is 0 Å². The Balaban J connectivity index is 0.811. The number of allylic oxidation sites excluding steroid dienone is 1. The zero-order valence-electron chi connectivity index (χ0n) is 48.2. The first-order valence-corrected chi connectivity index (χ1v) is 29.0. The number of carbonyl (C=O) groups is 9. The highest BCUT2D eigenvalue weighted by molar-refractivity contribution is 6.38. The van der Waals surface area contributed by atoms with Crippen molar-refractivity contribution in [3.8, 4) is 5.75 Å². The molecular formula is C64H83N3O14. The zero-order chi connectivity index (χ0) is 58.5. The van der Waals surface area contributed by atoms with Gasteiger partial charge in [-0.3, -0.25) is 43.3 Å². The third-order valence-electron chi connectivity index (χ3n) is 15.6. The summed E-state index contributed by atoms with van der Waals surface area (Å²) in [6.45, 7) is 15.9. The fourth-order valence-electron chi connectivity index (χ4n) is 10.1. The molecule has 3 aromatic carbocycles. The summed E-state index contributed by atoms with van der Waals surface area (Å²) >= 11 is 0. The molecular weight excluding hydrogens is 1030 g/mol. The molecule has 81 heavy (non-hydrogen) atoms. The largest absolute Gasteiger partial charge is 0.485 e. The smallest absolute Gasteiger partial charge is 0.329 e. The minimum absolute atomic E-state index is 0.0110. The van der Waals surface area contributed by atoms with E-state index in [1.54, 1.807) is 44.2 Å². The average molecular weight is 1120 g/mol. The van der Waals surface area contributed by atoms with E-state index in [1.165, 1.54) is 16.5 Å². The lowest BCUT2D eigenvalue weighted by Gasteiger charge is -2.36. The van der Waals surface area contributed by atoms with Gasteiger partial charge in [0, 0.05) is 63.0 Å². The highest BCUT2D eigenvalue weighted by Gasteiger charge is 2.45. The lowest BCUT2D eigenvalue weighted by atomic mass is 9.84. The predicted molar refractivity (Wildman–Crippen MR) is 305 cm³/mol. The number of benzene rings is 3. The zero-order valence-corrected chi connectivity index (χ0v) is 48.2. The van der Waals surface area contributed by atoms with Crippen LogP contribution in [-0.4, -0.2) is 127 Å². The monoisotopic (exact) mass is 1120 g/mol. The maximum Gasteiger partial charge on any atom is 0.329 e. The van der Waals surface area contributed by atoms with Crippen molar-refractivity contribution in [3.63, 3.8) is 0 Å². The molecule has 2 heterocycles. The Morgan fingerprint density at radius 1 is 0.741 bits per heavy atom. The van der Waals surface area contributed by atoms with Crippen molar-refractivity contribution in [1.82, 2.24) is 9.80 Å². The summed E-state index contributed by atoms with van der Waals surface area (Å²) in [7, 11) is 0. The summed E-state index contributed by atoms with van der Waals surface area (Å²) in [6.07, 6.45) is 7.69. The Morgan fingerprint density at radius 2 is 1.43 bits per heavy atom. The van der Waals surface area contributed by atoms with E-state index in [9.17, 15) is 43.2 Å². The topological polar surface area (TPSA) is 218 Å². The average Bonchev–Trinajstić information content (AvgIpc) is 3.75. The molecule has 4 amide bonds. The number of nitrogens with one attached hydrogen (secondary N) is 1. The number of ether oxygens (including phenoxy) is 5. The normalized spacial score (nSPS) is 16.9. The van der Waals surface area contributed by atoms with Gasteiger partial charge in [-0.15, -0.1) is 0 Å². The molecule has 1 saturated heterocycles. The summed E-state index contributed by atoms with van der Waals surface area (Å²) in [4.78, 5) is 121. The molecule has 0 unspecified atom stereocenters. The fourth-order valence-corrected chi connectivity index (χ4v) is 10.1. The number of hydrogen-bond acceptors (Lipinski definition) is 14. The molecule has 438 valence electrons. The van der Waals surface area contributed by atoms with Crippen LogP contribution < -0.4 is 10.1 Å². The molecule has 3 aliphatic rings. The van der Waals surface area contributed by atoms with E-state index in [0.29, 0.717) is 141 Å². The van der Waals surface area contributed by atoms with Crippen molar-refractivity contribution >= 4 is 58.4 Å². The van der Waals surface area contributed by atoms with Gasteiger partial charge in [0.05, 0.1) is 43.6 Å². The minimum atomic E-state index is -0.885. The third kappa shape index (κ3) is 18.7. The molecule has 6 rings (SSSR count). The van der Waals surface area contributed by atoms with E-state index < -0.39 is 53.1 Å². The second-order valence-electron chi connectivity index (χ2n) is 22.2. The molecule has 3 atom stereocenters. The Bertz CT molecular complexity index is 2750. The number of rotatable bonds is 33. The number of hydrogen-bond donors (Lipinski definition) is 1. The van der Waals surface area contributed by atoms with Crippen LogP contribution in [0.25, 0.3) is 0 Å². The van der Waals surface area contributed by atoms with Crippen molar-refractivity contribution in [1.29, 1.82) is 0 Å². The molecule has 1 N–H and O–H groups in total. The first-order valence-electron chi connectivity index (χ1n) is 29.0. The van der Waals surface area contributed by atoms with Gasteiger partial charge in [0.15, 0.2) is 11.6 Å². The first kappa shape index (κ1) is 63.5.